The highest BCUT2D eigenvalue weighted by atomic mass is 19.4. The van der Waals surface area contributed by atoms with Crippen molar-refractivity contribution in [2.24, 2.45) is 0 Å². The topological polar surface area (TPSA) is 88.0 Å². The molecule has 0 bridgehead atoms. The molecule has 1 aliphatic carbocycles. The summed E-state index contributed by atoms with van der Waals surface area (Å²) in [7, 11) is 1.81. The lowest BCUT2D eigenvalue weighted by molar-refractivity contribution is -0.141. The summed E-state index contributed by atoms with van der Waals surface area (Å²) in [6, 6.07) is 0.575. The minimum Gasteiger partial charge on any atom is -0.351 e. The highest BCUT2D eigenvalue weighted by molar-refractivity contribution is 6.03. The van der Waals surface area contributed by atoms with Gasteiger partial charge < -0.3 is 15.5 Å². The maximum absolute atomic E-state index is 12.8. The van der Waals surface area contributed by atoms with Crippen molar-refractivity contribution >= 4 is 23.4 Å². The van der Waals surface area contributed by atoms with Crippen LogP contribution in [0.25, 0.3) is 0 Å². The number of anilines is 3. The van der Waals surface area contributed by atoms with Gasteiger partial charge in [0.1, 0.15) is 11.7 Å². The number of hydrogen-bond acceptors (Lipinski definition) is 6. The number of carbonyl (C=O) groups is 1. The van der Waals surface area contributed by atoms with Gasteiger partial charge in [-0.25, -0.2) is 4.98 Å². The molecule has 2 aromatic rings. The predicted octanol–water partition coefficient (Wildman–Crippen LogP) is 2.98. The van der Waals surface area contributed by atoms with E-state index in [0.29, 0.717) is 36.0 Å². The molecule has 0 saturated heterocycles. The second-order valence-electron chi connectivity index (χ2n) is 7.59. The summed E-state index contributed by atoms with van der Waals surface area (Å²) in [4.78, 5) is 22.8. The molecule has 0 spiro atoms. The second-order valence-corrected chi connectivity index (χ2v) is 7.59. The van der Waals surface area contributed by atoms with Gasteiger partial charge in [-0.05, 0) is 39.2 Å². The van der Waals surface area contributed by atoms with E-state index in [1.165, 1.54) is 10.9 Å². The van der Waals surface area contributed by atoms with Crippen LogP contribution in [0, 0.1) is 6.92 Å². The smallest absolute Gasteiger partial charge is 0.351 e. The van der Waals surface area contributed by atoms with Gasteiger partial charge in [0.15, 0.2) is 11.5 Å². The number of aryl methyl sites for hydroxylation is 1. The van der Waals surface area contributed by atoms with Crippen molar-refractivity contribution in [3.63, 3.8) is 0 Å². The van der Waals surface area contributed by atoms with Gasteiger partial charge in [0.05, 0.1) is 11.7 Å². The van der Waals surface area contributed by atoms with E-state index in [2.05, 4.69) is 25.7 Å². The summed E-state index contributed by atoms with van der Waals surface area (Å²) in [5.74, 6) is 0.977. The first-order valence-corrected chi connectivity index (χ1v) is 9.44. The Hall–Kier alpha value is -2.85. The van der Waals surface area contributed by atoms with Crippen molar-refractivity contribution in [1.82, 2.24) is 19.7 Å². The van der Waals surface area contributed by atoms with Gasteiger partial charge >= 0.3 is 6.18 Å². The first-order valence-electron chi connectivity index (χ1n) is 9.44. The fourth-order valence-corrected chi connectivity index (χ4v) is 3.82. The van der Waals surface area contributed by atoms with Crippen molar-refractivity contribution < 1.29 is 18.0 Å². The van der Waals surface area contributed by atoms with E-state index in [-0.39, 0.29) is 24.0 Å². The summed E-state index contributed by atoms with van der Waals surface area (Å²) < 4.78 is 39.7. The first-order chi connectivity index (χ1) is 13.6. The quantitative estimate of drug-likeness (QED) is 0.811. The normalized spacial score (nSPS) is 24.4. The molecule has 11 heteroatoms. The van der Waals surface area contributed by atoms with Gasteiger partial charge in [0.25, 0.3) is 0 Å². The Labute approximate surface area is 165 Å². The van der Waals surface area contributed by atoms with E-state index < -0.39 is 11.9 Å². The molecule has 8 nitrogen and oxygen atoms in total. The van der Waals surface area contributed by atoms with E-state index in [1.54, 1.807) is 25.8 Å². The molecule has 4 rings (SSSR count). The summed E-state index contributed by atoms with van der Waals surface area (Å²) in [6.45, 7) is 3.60. The Bertz CT molecular complexity index is 942. The van der Waals surface area contributed by atoms with Crippen molar-refractivity contribution in [2.75, 3.05) is 22.6 Å². The molecular weight excluding hydrogens is 387 g/mol. The lowest BCUT2D eigenvalue weighted by Crippen LogP contribution is -2.45. The van der Waals surface area contributed by atoms with Crippen LogP contribution in [0.5, 0.6) is 0 Å². The van der Waals surface area contributed by atoms with Gasteiger partial charge in [-0.15, -0.1) is 0 Å². The Balaban J connectivity index is 1.48. The van der Waals surface area contributed by atoms with Gasteiger partial charge in [-0.2, -0.15) is 23.3 Å². The first kappa shape index (κ1) is 19.5. The van der Waals surface area contributed by atoms with Crippen LogP contribution < -0.4 is 15.5 Å². The Kier molecular flexibility index (Phi) is 4.62. The molecular formula is C18H22F3N7O. The molecule has 3 atom stereocenters. The van der Waals surface area contributed by atoms with E-state index in [9.17, 15) is 18.0 Å². The Morgan fingerprint density at radius 2 is 2.03 bits per heavy atom. The number of nitrogens with zero attached hydrogens (tertiary/aromatic N) is 5. The zero-order valence-electron chi connectivity index (χ0n) is 16.3. The summed E-state index contributed by atoms with van der Waals surface area (Å²) >= 11 is 0. The van der Waals surface area contributed by atoms with Gasteiger partial charge in [0.2, 0.25) is 11.9 Å². The predicted molar refractivity (Wildman–Crippen MR) is 101 cm³/mol. The number of alkyl halides is 3. The van der Waals surface area contributed by atoms with Crippen molar-refractivity contribution in [3.8, 4) is 0 Å². The summed E-state index contributed by atoms with van der Waals surface area (Å²) in [5.41, 5.74) is 0.379. The molecule has 1 saturated carbocycles. The average molecular weight is 409 g/mol. The van der Waals surface area contributed by atoms with Crippen LogP contribution in [-0.2, 0) is 11.0 Å². The molecule has 1 aliphatic heterocycles. The van der Waals surface area contributed by atoms with Crippen LogP contribution in [0.3, 0.4) is 0 Å². The van der Waals surface area contributed by atoms with Crippen molar-refractivity contribution in [3.05, 3.63) is 23.7 Å². The van der Waals surface area contributed by atoms with Crippen LogP contribution in [0.4, 0.5) is 30.6 Å². The highest BCUT2D eigenvalue weighted by Crippen LogP contribution is 2.35. The monoisotopic (exact) mass is 409 g/mol. The van der Waals surface area contributed by atoms with E-state index in [1.807, 2.05) is 0 Å². The minimum atomic E-state index is -4.44. The number of hydrogen-bond donors (Lipinski definition) is 2. The SMILES string of the molecule is Cc1nc(N[C@@H]2CC[C@@H](n3ccc(C(F)(F)F)n3)C2)nc2c1NC(=O)[C@H](C)N2C. The molecule has 29 heavy (non-hydrogen) atoms. The molecule has 156 valence electrons. The average Bonchev–Trinajstić information content (AvgIpc) is 3.30. The molecule has 2 aromatic heterocycles. The number of amides is 1. The maximum atomic E-state index is 12.8. The van der Waals surface area contributed by atoms with E-state index in [4.69, 9.17) is 0 Å². The third-order valence-corrected chi connectivity index (χ3v) is 5.62. The third-order valence-electron chi connectivity index (χ3n) is 5.62. The molecule has 2 N–H and O–H groups in total. The molecule has 0 radical (unpaired) electrons. The summed E-state index contributed by atoms with van der Waals surface area (Å²) in [6.07, 6.45) is -0.938. The fourth-order valence-electron chi connectivity index (χ4n) is 3.82. The summed E-state index contributed by atoms with van der Waals surface area (Å²) in [5, 5.41) is 9.81. The van der Waals surface area contributed by atoms with Crippen LogP contribution in [0.15, 0.2) is 12.3 Å². The van der Waals surface area contributed by atoms with E-state index >= 15 is 0 Å². The lowest BCUT2D eigenvalue weighted by atomic mass is 10.2. The number of likely N-dealkylation sites (N-methyl/N-ethyl adjacent to an activating group) is 1. The number of carbonyl (C=O) groups excluding carboxylic acids is 1. The van der Waals surface area contributed by atoms with Gasteiger partial charge in [-0.3, -0.25) is 9.48 Å². The van der Waals surface area contributed by atoms with Crippen LogP contribution in [0.1, 0.15) is 43.6 Å². The Morgan fingerprint density at radius 3 is 2.72 bits per heavy atom. The number of halogens is 3. The molecule has 3 heterocycles. The number of aromatic nitrogens is 4. The fraction of sp³-hybridized carbons (Fsp3) is 0.556. The number of fused-ring (bicyclic) bond motifs is 1. The van der Waals surface area contributed by atoms with Gasteiger partial charge in [0, 0.05) is 19.3 Å². The Morgan fingerprint density at radius 1 is 1.28 bits per heavy atom. The van der Waals surface area contributed by atoms with Crippen molar-refractivity contribution in [2.45, 2.75) is 57.4 Å². The van der Waals surface area contributed by atoms with Crippen molar-refractivity contribution in [1.29, 1.82) is 0 Å². The van der Waals surface area contributed by atoms with Crippen LogP contribution in [-0.4, -0.2) is 44.8 Å². The van der Waals surface area contributed by atoms with Crippen LogP contribution in [0.2, 0.25) is 0 Å². The zero-order valence-corrected chi connectivity index (χ0v) is 16.3. The third kappa shape index (κ3) is 3.60. The largest absolute Gasteiger partial charge is 0.435 e. The maximum Gasteiger partial charge on any atom is 0.435 e. The molecule has 0 unspecified atom stereocenters. The van der Waals surface area contributed by atoms with Gasteiger partial charge in [-0.1, -0.05) is 0 Å². The molecule has 0 aromatic carbocycles. The zero-order chi connectivity index (χ0) is 20.9. The lowest BCUT2D eigenvalue weighted by Gasteiger charge is -2.32. The number of nitrogens with one attached hydrogen (secondary N) is 2. The molecule has 2 aliphatic rings. The minimum absolute atomic E-state index is 0.0249. The van der Waals surface area contributed by atoms with E-state index in [0.717, 1.165) is 12.5 Å². The second kappa shape index (κ2) is 6.89. The number of rotatable bonds is 3. The standard InChI is InChI=1S/C18H22F3N7O/c1-9-14-15(27(3)10(2)16(29)24-14)25-17(22-9)23-11-4-5-12(8-11)28-7-6-13(26-28)18(19,20)21/h6-7,10-12H,4-5,8H2,1-3H3,(H,24,29)(H,22,23,25)/t10-,11+,12+/m0/s1. The molecule has 1 amide bonds. The van der Waals surface area contributed by atoms with Crippen LogP contribution >= 0.6 is 0 Å². The highest BCUT2D eigenvalue weighted by Gasteiger charge is 2.35. The molecule has 1 fully saturated rings.